The fraction of sp³-hybridized carbons (Fsp3) is 0.364. The maximum atomic E-state index is 13.0. The van der Waals surface area contributed by atoms with Crippen molar-refractivity contribution >= 4 is 51.6 Å². The van der Waals surface area contributed by atoms with Crippen molar-refractivity contribution in [1.29, 1.82) is 0 Å². The van der Waals surface area contributed by atoms with Crippen LogP contribution in [0.25, 0.3) is 0 Å². The van der Waals surface area contributed by atoms with Gasteiger partial charge in [0.15, 0.2) is 5.13 Å². The summed E-state index contributed by atoms with van der Waals surface area (Å²) in [5.74, 6) is 0.515. The quantitative estimate of drug-likeness (QED) is 0.482. The van der Waals surface area contributed by atoms with Crippen LogP contribution >= 0.6 is 34.4 Å². The lowest BCUT2D eigenvalue weighted by Crippen LogP contribution is -2.39. The SMILES string of the molecule is CC(C)(C)OC(=O)N1CCc2nc(NC(=O)c3ccccc3SCc3cscn3)sc2C1. The van der Waals surface area contributed by atoms with Crippen molar-refractivity contribution in [1.82, 2.24) is 14.9 Å². The van der Waals surface area contributed by atoms with Crippen LogP contribution < -0.4 is 5.32 Å². The van der Waals surface area contributed by atoms with Gasteiger partial charge < -0.3 is 9.64 Å². The van der Waals surface area contributed by atoms with E-state index < -0.39 is 5.60 Å². The van der Waals surface area contributed by atoms with E-state index in [1.54, 1.807) is 28.0 Å². The zero-order valence-electron chi connectivity index (χ0n) is 18.1. The second-order valence-electron chi connectivity index (χ2n) is 8.26. The minimum absolute atomic E-state index is 0.193. The molecule has 2 amide bonds. The first kappa shape index (κ1) is 22.8. The van der Waals surface area contributed by atoms with Gasteiger partial charge in [0.2, 0.25) is 0 Å². The van der Waals surface area contributed by atoms with Crippen molar-refractivity contribution in [2.75, 3.05) is 11.9 Å². The molecule has 168 valence electrons. The largest absolute Gasteiger partial charge is 0.444 e. The van der Waals surface area contributed by atoms with Crippen LogP contribution in [0.3, 0.4) is 0 Å². The maximum Gasteiger partial charge on any atom is 0.410 e. The number of fused-ring (bicyclic) bond motifs is 1. The highest BCUT2D eigenvalue weighted by atomic mass is 32.2. The zero-order valence-corrected chi connectivity index (χ0v) is 20.5. The number of aromatic nitrogens is 2. The van der Waals surface area contributed by atoms with E-state index in [1.807, 2.05) is 55.9 Å². The number of carbonyl (C=O) groups is 2. The second-order valence-corrected chi connectivity index (χ2v) is 11.1. The van der Waals surface area contributed by atoms with Gasteiger partial charge in [0.25, 0.3) is 5.91 Å². The molecule has 0 atom stereocenters. The van der Waals surface area contributed by atoms with Crippen LogP contribution in [0.4, 0.5) is 9.93 Å². The summed E-state index contributed by atoms with van der Waals surface area (Å²) >= 11 is 4.56. The molecule has 1 aliphatic rings. The van der Waals surface area contributed by atoms with Gasteiger partial charge in [-0.3, -0.25) is 10.1 Å². The van der Waals surface area contributed by atoms with E-state index in [-0.39, 0.29) is 12.0 Å². The fourth-order valence-electron chi connectivity index (χ4n) is 3.14. The van der Waals surface area contributed by atoms with Crippen LogP contribution in [0.1, 0.15) is 47.4 Å². The highest BCUT2D eigenvalue weighted by molar-refractivity contribution is 7.98. The van der Waals surface area contributed by atoms with E-state index in [0.29, 0.717) is 36.0 Å². The van der Waals surface area contributed by atoms with Gasteiger partial charge in [-0.1, -0.05) is 23.5 Å². The first-order valence-electron chi connectivity index (χ1n) is 10.2. The van der Waals surface area contributed by atoms with Gasteiger partial charge >= 0.3 is 6.09 Å². The lowest BCUT2D eigenvalue weighted by molar-refractivity contribution is 0.0225. The summed E-state index contributed by atoms with van der Waals surface area (Å²) in [7, 11) is 0. The Morgan fingerprint density at radius 3 is 2.84 bits per heavy atom. The Morgan fingerprint density at radius 2 is 2.09 bits per heavy atom. The number of thioether (sulfide) groups is 1. The number of hydrogen-bond acceptors (Lipinski definition) is 8. The van der Waals surface area contributed by atoms with Crippen LogP contribution in [-0.4, -0.2) is 39.0 Å². The van der Waals surface area contributed by atoms with Crippen LogP contribution in [0.15, 0.2) is 40.1 Å². The second kappa shape index (κ2) is 9.60. The van der Waals surface area contributed by atoms with Crippen molar-refractivity contribution in [3.8, 4) is 0 Å². The molecule has 0 fully saturated rings. The number of nitrogens with one attached hydrogen (secondary N) is 1. The Kier molecular flexibility index (Phi) is 6.82. The Balaban J connectivity index is 1.42. The molecule has 0 aliphatic carbocycles. The summed E-state index contributed by atoms with van der Waals surface area (Å²) in [6.07, 6.45) is 0.314. The maximum absolute atomic E-state index is 13.0. The smallest absolute Gasteiger partial charge is 0.410 e. The summed E-state index contributed by atoms with van der Waals surface area (Å²) in [5, 5.41) is 5.50. The number of benzene rings is 1. The number of ether oxygens (including phenoxy) is 1. The third-order valence-corrected chi connectivity index (χ3v) is 7.33. The molecule has 0 saturated heterocycles. The molecule has 1 aromatic carbocycles. The number of amides is 2. The van der Waals surface area contributed by atoms with Gasteiger partial charge in [0, 0.05) is 33.9 Å². The molecule has 1 aliphatic heterocycles. The van der Waals surface area contributed by atoms with Crippen molar-refractivity contribution in [3.63, 3.8) is 0 Å². The third-order valence-electron chi connectivity index (χ3n) is 4.59. The van der Waals surface area contributed by atoms with Gasteiger partial charge in [-0.05, 0) is 32.9 Å². The molecule has 0 spiro atoms. The minimum atomic E-state index is -0.533. The standard InChI is InChI=1S/C22H24N4O3S3/c1-22(2,3)29-21(28)26-9-8-16-18(10-26)32-20(24-16)25-19(27)15-6-4-5-7-17(15)31-12-14-11-30-13-23-14/h4-7,11,13H,8-10,12H2,1-3H3,(H,24,25,27). The van der Waals surface area contributed by atoms with Gasteiger partial charge in [-0.15, -0.1) is 23.1 Å². The van der Waals surface area contributed by atoms with Gasteiger partial charge in [0.1, 0.15) is 5.60 Å². The number of anilines is 1. The van der Waals surface area contributed by atoms with Crippen molar-refractivity contribution < 1.29 is 14.3 Å². The average Bonchev–Trinajstić information content (AvgIpc) is 3.39. The Morgan fingerprint density at radius 1 is 1.28 bits per heavy atom. The molecule has 4 rings (SSSR count). The highest BCUT2D eigenvalue weighted by Gasteiger charge is 2.28. The number of carbonyl (C=O) groups excluding carboxylic acids is 2. The van der Waals surface area contributed by atoms with Crippen molar-refractivity contribution in [2.45, 2.75) is 50.0 Å². The number of hydrogen-bond donors (Lipinski definition) is 1. The molecule has 3 heterocycles. The van der Waals surface area contributed by atoms with E-state index in [0.717, 1.165) is 21.2 Å². The highest BCUT2D eigenvalue weighted by Crippen LogP contribution is 2.31. The normalized spacial score (nSPS) is 13.5. The summed E-state index contributed by atoms with van der Waals surface area (Å²) < 4.78 is 5.48. The monoisotopic (exact) mass is 488 g/mol. The Hall–Kier alpha value is -2.43. The molecule has 10 heteroatoms. The molecule has 0 bridgehead atoms. The first-order chi connectivity index (χ1) is 15.3. The lowest BCUT2D eigenvalue weighted by atomic mass is 10.2. The van der Waals surface area contributed by atoms with Crippen LogP contribution in [0.5, 0.6) is 0 Å². The number of thiazole rings is 2. The Labute approximate surface area is 199 Å². The van der Waals surface area contributed by atoms with Crippen LogP contribution in [-0.2, 0) is 23.5 Å². The third kappa shape index (κ3) is 5.67. The van der Waals surface area contributed by atoms with Gasteiger partial charge in [0.05, 0.1) is 29.0 Å². The summed E-state index contributed by atoms with van der Waals surface area (Å²) in [5.41, 5.74) is 3.81. The van der Waals surface area contributed by atoms with Gasteiger partial charge in [-0.25, -0.2) is 14.8 Å². The molecular weight excluding hydrogens is 464 g/mol. The molecule has 1 N–H and O–H groups in total. The van der Waals surface area contributed by atoms with Gasteiger partial charge in [-0.2, -0.15) is 0 Å². The zero-order chi connectivity index (χ0) is 22.7. The van der Waals surface area contributed by atoms with Crippen molar-refractivity contribution in [3.05, 3.63) is 57.0 Å². The Bertz CT molecular complexity index is 1110. The van der Waals surface area contributed by atoms with E-state index in [1.165, 1.54) is 11.3 Å². The molecule has 0 unspecified atom stereocenters. The van der Waals surface area contributed by atoms with E-state index in [9.17, 15) is 9.59 Å². The number of nitrogens with zero attached hydrogens (tertiary/aromatic N) is 3. The summed E-state index contributed by atoms with van der Waals surface area (Å²) in [6, 6.07) is 7.54. The fourth-order valence-corrected chi connectivity index (χ4v) is 5.77. The predicted octanol–water partition coefficient (Wildman–Crippen LogP) is 5.44. The van der Waals surface area contributed by atoms with E-state index in [2.05, 4.69) is 15.3 Å². The summed E-state index contributed by atoms with van der Waals surface area (Å²) in [6.45, 7) is 6.56. The molecule has 3 aromatic rings. The number of rotatable bonds is 5. The predicted molar refractivity (Wildman–Crippen MR) is 129 cm³/mol. The molecule has 7 nitrogen and oxygen atoms in total. The van der Waals surface area contributed by atoms with Crippen LogP contribution in [0.2, 0.25) is 0 Å². The van der Waals surface area contributed by atoms with E-state index >= 15 is 0 Å². The molecule has 2 aromatic heterocycles. The molecule has 32 heavy (non-hydrogen) atoms. The first-order valence-corrected chi connectivity index (χ1v) is 12.9. The lowest BCUT2D eigenvalue weighted by Gasteiger charge is -2.29. The molecule has 0 saturated carbocycles. The molecule has 0 radical (unpaired) electrons. The molecular formula is C22H24N4O3S3. The van der Waals surface area contributed by atoms with Crippen molar-refractivity contribution in [2.24, 2.45) is 0 Å². The minimum Gasteiger partial charge on any atom is -0.444 e. The van der Waals surface area contributed by atoms with Crippen LogP contribution in [0, 0.1) is 0 Å². The van der Waals surface area contributed by atoms with E-state index in [4.69, 9.17) is 4.74 Å². The average molecular weight is 489 g/mol. The summed E-state index contributed by atoms with van der Waals surface area (Å²) in [4.78, 5) is 37.8. The topological polar surface area (TPSA) is 84.4 Å².